The summed E-state index contributed by atoms with van der Waals surface area (Å²) in [6.45, 7) is 7.53. The van der Waals surface area contributed by atoms with E-state index in [4.69, 9.17) is 0 Å². The second-order valence-corrected chi connectivity index (χ2v) is 6.40. The van der Waals surface area contributed by atoms with Crippen molar-refractivity contribution in [3.05, 3.63) is 60.2 Å². The first-order chi connectivity index (χ1) is 11.6. The van der Waals surface area contributed by atoms with E-state index in [1.165, 1.54) is 6.92 Å². The lowest BCUT2D eigenvalue weighted by Crippen LogP contribution is -2.48. The number of benzene rings is 1. The molecule has 3 nitrogen and oxygen atoms in total. The van der Waals surface area contributed by atoms with E-state index >= 15 is 0 Å². The van der Waals surface area contributed by atoms with Crippen molar-refractivity contribution in [1.82, 2.24) is 4.90 Å². The molecule has 2 rings (SSSR count). The van der Waals surface area contributed by atoms with E-state index in [9.17, 15) is 9.59 Å². The summed E-state index contributed by atoms with van der Waals surface area (Å²) in [6, 6.07) is 7.32. The molecule has 1 amide bonds. The third kappa shape index (κ3) is 4.22. The van der Waals surface area contributed by atoms with Crippen molar-refractivity contribution in [2.24, 2.45) is 0 Å². The lowest BCUT2D eigenvalue weighted by molar-refractivity contribution is 0.0593. The molecule has 1 aromatic rings. The molecule has 0 spiro atoms. The van der Waals surface area contributed by atoms with Gasteiger partial charge in [-0.05, 0) is 38.3 Å². The van der Waals surface area contributed by atoms with Crippen LogP contribution in [0.25, 0.3) is 0 Å². The molecule has 0 fully saturated rings. The average Bonchev–Trinajstić information content (AvgIpc) is 2.60. The summed E-state index contributed by atoms with van der Waals surface area (Å²) in [5.41, 5.74) is 1.17. The molecule has 1 aliphatic rings. The Bertz CT molecular complexity index is 632. The predicted octanol–water partition coefficient (Wildman–Crippen LogP) is 4.79. The second kappa shape index (κ2) is 8.62. The van der Waals surface area contributed by atoms with Gasteiger partial charge in [-0.2, -0.15) is 0 Å². The molecule has 1 heterocycles. The largest absolute Gasteiger partial charge is 0.329 e. The first-order valence-corrected chi connectivity index (χ1v) is 8.79. The number of hydrogen-bond donors (Lipinski definition) is 0. The van der Waals surface area contributed by atoms with Crippen LogP contribution >= 0.6 is 0 Å². The van der Waals surface area contributed by atoms with Crippen molar-refractivity contribution in [3.63, 3.8) is 0 Å². The molecular weight excluding hydrogens is 298 g/mol. The number of nitrogens with zero attached hydrogens (tertiary/aromatic N) is 1. The van der Waals surface area contributed by atoms with Gasteiger partial charge >= 0.3 is 0 Å². The van der Waals surface area contributed by atoms with Crippen LogP contribution in [-0.2, 0) is 0 Å². The van der Waals surface area contributed by atoms with E-state index in [1.54, 1.807) is 24.3 Å². The van der Waals surface area contributed by atoms with Crippen molar-refractivity contribution < 1.29 is 9.59 Å². The highest BCUT2D eigenvalue weighted by Crippen LogP contribution is 2.26. The third-order valence-electron chi connectivity index (χ3n) is 4.56. The fraction of sp³-hybridized carbons (Fsp3) is 0.429. The monoisotopic (exact) mass is 325 g/mol. The molecule has 0 aliphatic carbocycles. The number of amides is 1. The van der Waals surface area contributed by atoms with E-state index in [2.05, 4.69) is 25.7 Å². The van der Waals surface area contributed by atoms with Gasteiger partial charge in [0.15, 0.2) is 5.78 Å². The van der Waals surface area contributed by atoms with Crippen molar-refractivity contribution in [3.8, 4) is 0 Å². The minimum atomic E-state index is -0.0200. The quantitative estimate of drug-likeness (QED) is 0.533. The highest BCUT2D eigenvalue weighted by atomic mass is 16.2. The average molecular weight is 325 g/mol. The van der Waals surface area contributed by atoms with Gasteiger partial charge < -0.3 is 4.90 Å². The summed E-state index contributed by atoms with van der Waals surface area (Å²) in [4.78, 5) is 26.8. The summed E-state index contributed by atoms with van der Waals surface area (Å²) in [5.74, 6) is -0.0104. The number of rotatable bonds is 7. The highest BCUT2D eigenvalue weighted by molar-refractivity contribution is 6.00. The highest BCUT2D eigenvalue weighted by Gasteiger charge is 2.31. The molecule has 0 unspecified atom stereocenters. The Morgan fingerprint density at radius 2 is 2.08 bits per heavy atom. The smallest absolute Gasteiger partial charge is 0.254 e. The summed E-state index contributed by atoms with van der Waals surface area (Å²) in [7, 11) is 0. The van der Waals surface area contributed by atoms with Gasteiger partial charge in [0.2, 0.25) is 0 Å². The Kier molecular flexibility index (Phi) is 6.53. The van der Waals surface area contributed by atoms with Gasteiger partial charge in [0.25, 0.3) is 5.91 Å². The lowest BCUT2D eigenvalue weighted by atomic mass is 9.95. The molecule has 0 radical (unpaired) electrons. The third-order valence-corrected chi connectivity index (χ3v) is 4.56. The van der Waals surface area contributed by atoms with Crippen molar-refractivity contribution in [2.75, 3.05) is 0 Å². The van der Waals surface area contributed by atoms with Crippen LogP contribution in [0.5, 0.6) is 0 Å². The van der Waals surface area contributed by atoms with E-state index in [1.807, 2.05) is 11.0 Å². The van der Waals surface area contributed by atoms with Crippen LogP contribution in [0.15, 0.2) is 49.1 Å². The van der Waals surface area contributed by atoms with Crippen LogP contribution in [-0.4, -0.2) is 28.7 Å². The van der Waals surface area contributed by atoms with Gasteiger partial charge in [-0.15, -0.1) is 6.58 Å². The molecule has 1 aliphatic heterocycles. The minimum absolute atomic E-state index is 0.00963. The first-order valence-electron chi connectivity index (χ1n) is 8.79. The van der Waals surface area contributed by atoms with Gasteiger partial charge in [-0.25, -0.2) is 0 Å². The lowest BCUT2D eigenvalue weighted by Gasteiger charge is -2.39. The van der Waals surface area contributed by atoms with Crippen molar-refractivity contribution >= 4 is 11.7 Å². The number of carbonyl (C=O) groups is 2. The number of ketones is 1. The van der Waals surface area contributed by atoms with Crippen LogP contribution in [0.3, 0.4) is 0 Å². The van der Waals surface area contributed by atoms with Crippen molar-refractivity contribution in [1.29, 1.82) is 0 Å². The van der Waals surface area contributed by atoms with E-state index < -0.39 is 0 Å². The maximum absolute atomic E-state index is 13.2. The van der Waals surface area contributed by atoms with Crippen LogP contribution in [0.1, 0.15) is 66.7 Å². The zero-order valence-corrected chi connectivity index (χ0v) is 14.7. The molecule has 1 aromatic carbocycles. The summed E-state index contributed by atoms with van der Waals surface area (Å²) >= 11 is 0. The Balaban J connectivity index is 2.32. The van der Waals surface area contributed by atoms with Crippen LogP contribution < -0.4 is 0 Å². The normalized spacial score (nSPS) is 20.0. The zero-order valence-electron chi connectivity index (χ0n) is 14.7. The topological polar surface area (TPSA) is 37.4 Å². The van der Waals surface area contributed by atoms with Crippen LogP contribution in [0.2, 0.25) is 0 Å². The Labute approximate surface area is 145 Å². The van der Waals surface area contributed by atoms with E-state index in [-0.39, 0.29) is 23.8 Å². The van der Waals surface area contributed by atoms with E-state index in [0.29, 0.717) is 11.1 Å². The first kappa shape index (κ1) is 18.2. The number of unbranched alkanes of at least 4 members (excludes halogenated alkanes) is 1. The van der Waals surface area contributed by atoms with Gasteiger partial charge in [-0.1, -0.05) is 50.1 Å². The Morgan fingerprint density at radius 3 is 2.75 bits per heavy atom. The van der Waals surface area contributed by atoms with E-state index in [0.717, 1.165) is 32.1 Å². The molecule has 3 heteroatoms. The Hall–Kier alpha value is -2.16. The fourth-order valence-corrected chi connectivity index (χ4v) is 3.26. The molecular formula is C21H27NO2. The zero-order chi connectivity index (χ0) is 17.5. The standard InChI is InChI=1S/C21H27NO2/c1-4-6-12-20-14-8-13-19(9-5-2)22(20)21(24)18-11-7-10-17(15-18)16(3)23/h5,7-8,10-11,14-15,19-20H,2,4,6,9,12-13H2,1,3H3/t19-,20-/m0/s1. The van der Waals surface area contributed by atoms with Gasteiger partial charge in [0.1, 0.15) is 0 Å². The molecule has 24 heavy (non-hydrogen) atoms. The molecule has 0 bridgehead atoms. The second-order valence-electron chi connectivity index (χ2n) is 6.40. The predicted molar refractivity (Wildman–Crippen MR) is 98.3 cm³/mol. The van der Waals surface area contributed by atoms with Gasteiger partial charge in [0.05, 0.1) is 6.04 Å². The molecule has 0 N–H and O–H groups in total. The summed E-state index contributed by atoms with van der Waals surface area (Å²) in [6.07, 6.45) is 11.0. The molecule has 0 aromatic heterocycles. The molecule has 0 saturated carbocycles. The van der Waals surface area contributed by atoms with Gasteiger partial charge in [-0.3, -0.25) is 9.59 Å². The number of hydrogen-bond acceptors (Lipinski definition) is 2. The molecule has 2 atom stereocenters. The fourth-order valence-electron chi connectivity index (χ4n) is 3.26. The molecule has 128 valence electrons. The number of carbonyl (C=O) groups excluding carboxylic acids is 2. The van der Waals surface area contributed by atoms with Crippen LogP contribution in [0, 0.1) is 0 Å². The Morgan fingerprint density at radius 1 is 1.33 bits per heavy atom. The SMILES string of the molecule is C=CC[C@H]1CC=C[C@H](CCCC)N1C(=O)c1cccc(C(C)=O)c1. The maximum Gasteiger partial charge on any atom is 0.254 e. The number of Topliss-reactive ketones (excluding diaryl/α,β-unsaturated/α-hetero) is 1. The maximum atomic E-state index is 13.2. The summed E-state index contributed by atoms with van der Waals surface area (Å²) < 4.78 is 0. The van der Waals surface area contributed by atoms with Crippen LogP contribution in [0.4, 0.5) is 0 Å². The molecule has 0 saturated heterocycles. The van der Waals surface area contributed by atoms with Gasteiger partial charge in [0, 0.05) is 17.2 Å². The minimum Gasteiger partial charge on any atom is -0.329 e. The summed E-state index contributed by atoms with van der Waals surface area (Å²) in [5, 5.41) is 0. The van der Waals surface area contributed by atoms with Crippen molar-refractivity contribution in [2.45, 2.75) is 58.0 Å².